The lowest BCUT2D eigenvalue weighted by molar-refractivity contribution is 0.594. The summed E-state index contributed by atoms with van der Waals surface area (Å²) in [5, 5.41) is 8.10. The first kappa shape index (κ1) is 9.22. The number of benzene rings is 1. The Bertz CT molecular complexity index is 473. The highest BCUT2D eigenvalue weighted by atomic mass is 32.2. The number of hydrogen-bond donors (Lipinski definition) is 0. The lowest BCUT2D eigenvalue weighted by atomic mass is 10.4. The van der Waals surface area contributed by atoms with Crippen LogP contribution in [0.15, 0.2) is 35.2 Å². The SMILES string of the molecule is N#CC1CC1S(=O)(=O)c1ccccc1. The number of hydrogen-bond acceptors (Lipinski definition) is 3. The summed E-state index contributed by atoms with van der Waals surface area (Å²) in [7, 11) is -3.25. The van der Waals surface area contributed by atoms with Gasteiger partial charge in [0, 0.05) is 0 Å². The van der Waals surface area contributed by atoms with E-state index in [0.29, 0.717) is 11.3 Å². The van der Waals surface area contributed by atoms with Gasteiger partial charge < -0.3 is 0 Å². The minimum Gasteiger partial charge on any atom is -0.223 e. The molecule has 0 heterocycles. The summed E-state index contributed by atoms with van der Waals surface area (Å²) in [6.07, 6.45) is 0.480. The lowest BCUT2D eigenvalue weighted by Gasteiger charge is -2.00. The van der Waals surface area contributed by atoms with E-state index in [2.05, 4.69) is 0 Å². The van der Waals surface area contributed by atoms with Gasteiger partial charge in [0.2, 0.25) is 0 Å². The minimum absolute atomic E-state index is 0.305. The van der Waals surface area contributed by atoms with E-state index in [1.54, 1.807) is 30.3 Å². The maximum absolute atomic E-state index is 11.8. The van der Waals surface area contributed by atoms with Crippen molar-refractivity contribution in [1.29, 1.82) is 5.26 Å². The first-order valence-corrected chi connectivity index (χ1v) is 5.89. The molecule has 0 spiro atoms. The molecule has 0 amide bonds. The molecule has 1 saturated carbocycles. The molecule has 0 bridgehead atoms. The molecule has 0 radical (unpaired) electrons. The Balaban J connectivity index is 2.33. The van der Waals surface area contributed by atoms with Gasteiger partial charge >= 0.3 is 0 Å². The van der Waals surface area contributed by atoms with Crippen molar-refractivity contribution in [3.05, 3.63) is 30.3 Å². The van der Waals surface area contributed by atoms with Crippen LogP contribution in [0.1, 0.15) is 6.42 Å². The molecular weight excluding hydrogens is 198 g/mol. The third-order valence-corrected chi connectivity index (χ3v) is 4.62. The zero-order valence-electron chi connectivity index (χ0n) is 7.42. The Morgan fingerprint density at radius 1 is 1.29 bits per heavy atom. The number of nitrogens with zero attached hydrogens (tertiary/aromatic N) is 1. The van der Waals surface area contributed by atoms with Crippen molar-refractivity contribution in [3.63, 3.8) is 0 Å². The smallest absolute Gasteiger partial charge is 0.182 e. The molecule has 1 fully saturated rings. The van der Waals surface area contributed by atoms with Crippen LogP contribution in [-0.4, -0.2) is 13.7 Å². The van der Waals surface area contributed by atoms with E-state index in [-0.39, 0.29) is 5.92 Å². The Hall–Kier alpha value is -1.34. The third-order valence-electron chi connectivity index (χ3n) is 2.37. The Morgan fingerprint density at radius 2 is 1.93 bits per heavy atom. The van der Waals surface area contributed by atoms with Crippen LogP contribution in [0.3, 0.4) is 0 Å². The fraction of sp³-hybridized carbons (Fsp3) is 0.300. The molecule has 4 heteroatoms. The molecular formula is C10H9NO2S. The van der Waals surface area contributed by atoms with Crippen molar-refractivity contribution < 1.29 is 8.42 Å². The quantitative estimate of drug-likeness (QED) is 0.736. The van der Waals surface area contributed by atoms with Crippen LogP contribution in [0.25, 0.3) is 0 Å². The second-order valence-corrected chi connectivity index (χ2v) is 5.53. The summed E-state index contributed by atoms with van der Waals surface area (Å²) in [6, 6.07) is 10.3. The van der Waals surface area contributed by atoms with E-state index in [9.17, 15) is 8.42 Å². The molecule has 0 aliphatic heterocycles. The normalized spacial score (nSPS) is 25.4. The maximum Gasteiger partial charge on any atom is 0.182 e. The van der Waals surface area contributed by atoms with Crippen molar-refractivity contribution in [1.82, 2.24) is 0 Å². The summed E-state index contributed by atoms with van der Waals surface area (Å²) in [6.45, 7) is 0. The van der Waals surface area contributed by atoms with E-state index in [4.69, 9.17) is 5.26 Å². The van der Waals surface area contributed by atoms with Crippen molar-refractivity contribution >= 4 is 9.84 Å². The number of rotatable bonds is 2. The van der Waals surface area contributed by atoms with E-state index >= 15 is 0 Å². The summed E-state index contributed by atoms with van der Waals surface area (Å²) in [4.78, 5) is 0.322. The zero-order chi connectivity index (χ0) is 10.2. The predicted molar refractivity (Wildman–Crippen MR) is 51.1 cm³/mol. The van der Waals surface area contributed by atoms with Crippen LogP contribution in [0.4, 0.5) is 0 Å². The highest BCUT2D eigenvalue weighted by molar-refractivity contribution is 7.92. The van der Waals surface area contributed by atoms with Gasteiger partial charge in [0.15, 0.2) is 9.84 Å². The average Bonchev–Trinajstić information content (AvgIpc) is 2.98. The minimum atomic E-state index is -3.25. The van der Waals surface area contributed by atoms with Gasteiger partial charge in [0.25, 0.3) is 0 Å². The molecule has 0 saturated heterocycles. The summed E-state index contributed by atoms with van der Waals surface area (Å²) in [5.74, 6) is -0.305. The topological polar surface area (TPSA) is 57.9 Å². The second kappa shape index (κ2) is 3.10. The molecule has 1 aliphatic carbocycles. The largest absolute Gasteiger partial charge is 0.223 e. The number of sulfone groups is 1. The molecule has 0 aromatic heterocycles. The van der Waals surface area contributed by atoms with E-state index in [1.165, 1.54) is 0 Å². The van der Waals surface area contributed by atoms with E-state index in [1.807, 2.05) is 6.07 Å². The Morgan fingerprint density at radius 3 is 2.43 bits per heavy atom. The van der Waals surface area contributed by atoms with Gasteiger partial charge in [-0.1, -0.05) is 18.2 Å². The lowest BCUT2D eigenvalue weighted by Crippen LogP contribution is -2.08. The van der Waals surface area contributed by atoms with Crippen LogP contribution < -0.4 is 0 Å². The van der Waals surface area contributed by atoms with Crippen molar-refractivity contribution in [2.45, 2.75) is 16.6 Å². The summed E-state index contributed by atoms with van der Waals surface area (Å²) < 4.78 is 23.6. The zero-order valence-corrected chi connectivity index (χ0v) is 8.24. The molecule has 72 valence electrons. The standard InChI is InChI=1S/C10H9NO2S/c11-7-8-6-10(8)14(12,13)9-4-2-1-3-5-9/h1-5,8,10H,6H2. The Labute approximate surface area is 82.9 Å². The van der Waals surface area contributed by atoms with Gasteiger partial charge in [0.1, 0.15) is 0 Å². The molecule has 1 aromatic rings. The molecule has 3 nitrogen and oxygen atoms in total. The van der Waals surface area contributed by atoms with E-state index in [0.717, 1.165) is 0 Å². The molecule has 1 aliphatic rings. The second-order valence-electron chi connectivity index (χ2n) is 3.37. The average molecular weight is 207 g/mol. The third kappa shape index (κ3) is 1.40. The fourth-order valence-electron chi connectivity index (χ4n) is 1.44. The van der Waals surface area contributed by atoms with Gasteiger partial charge in [-0.2, -0.15) is 5.26 Å². The molecule has 2 unspecified atom stereocenters. The first-order chi connectivity index (χ1) is 6.66. The van der Waals surface area contributed by atoms with Crippen molar-refractivity contribution in [2.75, 3.05) is 0 Å². The van der Waals surface area contributed by atoms with Gasteiger partial charge in [-0.05, 0) is 18.6 Å². The molecule has 1 aromatic carbocycles. The Kier molecular flexibility index (Phi) is 2.05. The highest BCUT2D eigenvalue weighted by Crippen LogP contribution is 2.39. The molecule has 2 atom stereocenters. The van der Waals surface area contributed by atoms with Crippen LogP contribution in [0.2, 0.25) is 0 Å². The first-order valence-electron chi connectivity index (χ1n) is 4.35. The summed E-state index contributed by atoms with van der Waals surface area (Å²) >= 11 is 0. The summed E-state index contributed by atoms with van der Waals surface area (Å²) in [5.41, 5.74) is 0. The number of nitriles is 1. The van der Waals surface area contributed by atoms with Crippen LogP contribution >= 0.6 is 0 Å². The van der Waals surface area contributed by atoms with Crippen LogP contribution in [0.5, 0.6) is 0 Å². The van der Waals surface area contributed by atoms with Gasteiger partial charge in [-0.25, -0.2) is 8.42 Å². The van der Waals surface area contributed by atoms with Gasteiger partial charge in [-0.15, -0.1) is 0 Å². The molecule has 2 rings (SSSR count). The molecule has 14 heavy (non-hydrogen) atoms. The fourth-order valence-corrected chi connectivity index (χ4v) is 3.28. The van der Waals surface area contributed by atoms with Crippen molar-refractivity contribution in [3.8, 4) is 6.07 Å². The maximum atomic E-state index is 11.8. The predicted octanol–water partition coefficient (Wildman–Crippen LogP) is 1.37. The van der Waals surface area contributed by atoms with Gasteiger partial charge in [-0.3, -0.25) is 0 Å². The highest BCUT2D eigenvalue weighted by Gasteiger charge is 2.48. The monoisotopic (exact) mass is 207 g/mol. The van der Waals surface area contributed by atoms with E-state index < -0.39 is 15.1 Å². The van der Waals surface area contributed by atoms with Gasteiger partial charge in [0.05, 0.1) is 22.1 Å². The van der Waals surface area contributed by atoms with Crippen molar-refractivity contribution in [2.24, 2.45) is 5.92 Å². The van der Waals surface area contributed by atoms with Crippen LogP contribution in [-0.2, 0) is 9.84 Å². The van der Waals surface area contributed by atoms with Crippen LogP contribution in [0, 0.1) is 17.2 Å². The molecule has 0 N–H and O–H groups in total.